The highest BCUT2D eigenvalue weighted by atomic mass is 16.5. The molecule has 19 heavy (non-hydrogen) atoms. The van der Waals surface area contributed by atoms with E-state index in [4.69, 9.17) is 9.84 Å². The van der Waals surface area contributed by atoms with Crippen molar-refractivity contribution in [2.24, 2.45) is 0 Å². The predicted molar refractivity (Wildman–Crippen MR) is 72.0 cm³/mol. The van der Waals surface area contributed by atoms with Crippen molar-refractivity contribution in [2.45, 2.75) is 18.6 Å². The number of hydrogen-bond donors (Lipinski definition) is 2. The van der Waals surface area contributed by atoms with Gasteiger partial charge in [0.25, 0.3) is 0 Å². The third-order valence-corrected chi connectivity index (χ3v) is 3.63. The van der Waals surface area contributed by atoms with Crippen molar-refractivity contribution in [1.29, 1.82) is 0 Å². The molecule has 0 aliphatic carbocycles. The molecule has 0 saturated carbocycles. The molecule has 0 saturated heterocycles. The van der Waals surface area contributed by atoms with Crippen molar-refractivity contribution in [2.75, 3.05) is 6.61 Å². The monoisotopic (exact) mass is 256 g/mol. The van der Waals surface area contributed by atoms with Crippen LogP contribution in [0.4, 0.5) is 0 Å². The molecule has 0 radical (unpaired) electrons. The van der Waals surface area contributed by atoms with E-state index >= 15 is 0 Å². The first-order valence-electron chi connectivity index (χ1n) is 6.39. The molecule has 1 aliphatic heterocycles. The summed E-state index contributed by atoms with van der Waals surface area (Å²) in [5, 5.41) is 18.7. The first kappa shape index (κ1) is 12.2. The second-order valence-electron chi connectivity index (χ2n) is 4.77. The van der Waals surface area contributed by atoms with E-state index in [0.717, 1.165) is 22.4 Å². The summed E-state index contributed by atoms with van der Waals surface area (Å²) in [6, 6.07) is 15.5. The summed E-state index contributed by atoms with van der Waals surface area (Å²) >= 11 is 0. The summed E-state index contributed by atoms with van der Waals surface area (Å²) in [6.45, 7) is 0.0961. The molecular formula is C16H16O3. The molecule has 3 heteroatoms. The van der Waals surface area contributed by atoms with Crippen LogP contribution in [0, 0.1) is 0 Å². The van der Waals surface area contributed by atoms with Crippen LogP contribution >= 0.6 is 0 Å². The van der Waals surface area contributed by atoms with Gasteiger partial charge >= 0.3 is 0 Å². The highest BCUT2D eigenvalue weighted by molar-refractivity contribution is 5.43. The van der Waals surface area contributed by atoms with Gasteiger partial charge in [0.15, 0.2) is 0 Å². The van der Waals surface area contributed by atoms with Gasteiger partial charge in [0, 0.05) is 5.56 Å². The van der Waals surface area contributed by atoms with Gasteiger partial charge < -0.3 is 14.9 Å². The van der Waals surface area contributed by atoms with Gasteiger partial charge in [0.1, 0.15) is 11.9 Å². The minimum Gasteiger partial charge on any atom is -0.485 e. The van der Waals surface area contributed by atoms with Crippen LogP contribution in [0.1, 0.15) is 28.7 Å². The molecule has 0 fully saturated rings. The quantitative estimate of drug-likeness (QED) is 0.886. The minimum atomic E-state index is -0.157. The Labute approximate surface area is 112 Å². The first-order chi connectivity index (χ1) is 9.33. The summed E-state index contributed by atoms with van der Waals surface area (Å²) in [5.74, 6) is 0.814. The molecule has 2 atom stereocenters. The minimum absolute atomic E-state index is 0.0313. The molecule has 1 aliphatic rings. The van der Waals surface area contributed by atoms with E-state index in [1.54, 1.807) is 0 Å². The molecule has 0 spiro atoms. The van der Waals surface area contributed by atoms with Crippen molar-refractivity contribution in [3.8, 4) is 5.75 Å². The number of aliphatic hydroxyl groups excluding tert-OH is 2. The molecule has 1 heterocycles. The van der Waals surface area contributed by atoms with Crippen LogP contribution in [0.2, 0.25) is 0 Å². The number of aliphatic hydroxyl groups is 2. The van der Waals surface area contributed by atoms with Gasteiger partial charge in [-0.15, -0.1) is 0 Å². The van der Waals surface area contributed by atoms with Crippen LogP contribution in [-0.4, -0.2) is 16.8 Å². The van der Waals surface area contributed by atoms with Crippen LogP contribution in [0.5, 0.6) is 5.75 Å². The zero-order chi connectivity index (χ0) is 13.2. The van der Waals surface area contributed by atoms with Gasteiger partial charge in [-0.25, -0.2) is 0 Å². The van der Waals surface area contributed by atoms with E-state index in [2.05, 4.69) is 0 Å². The summed E-state index contributed by atoms with van der Waals surface area (Å²) < 4.78 is 5.95. The molecule has 3 nitrogen and oxygen atoms in total. The average molecular weight is 256 g/mol. The van der Waals surface area contributed by atoms with Crippen molar-refractivity contribution < 1.29 is 14.9 Å². The van der Waals surface area contributed by atoms with E-state index < -0.39 is 0 Å². The number of benzene rings is 2. The van der Waals surface area contributed by atoms with E-state index in [1.807, 2.05) is 48.5 Å². The molecule has 98 valence electrons. The average Bonchev–Trinajstić information content (AvgIpc) is 2.85. The van der Waals surface area contributed by atoms with E-state index in [9.17, 15) is 5.11 Å². The maximum absolute atomic E-state index is 9.63. The van der Waals surface area contributed by atoms with E-state index in [-0.39, 0.29) is 25.2 Å². The lowest BCUT2D eigenvalue weighted by atomic mass is 9.91. The zero-order valence-electron chi connectivity index (χ0n) is 10.5. The fourth-order valence-electron chi connectivity index (χ4n) is 2.58. The Morgan fingerprint density at radius 3 is 2.37 bits per heavy atom. The highest BCUT2D eigenvalue weighted by Crippen LogP contribution is 2.45. The van der Waals surface area contributed by atoms with Gasteiger partial charge in [-0.2, -0.15) is 0 Å². The SMILES string of the molecule is OCc1ccc(C2Oc3ccccc3C2CO)cc1. The lowest BCUT2D eigenvalue weighted by Crippen LogP contribution is -2.13. The molecule has 0 amide bonds. The standard InChI is InChI=1S/C16H16O3/c17-9-11-5-7-12(8-6-11)16-14(10-18)13-3-1-2-4-15(13)19-16/h1-8,14,16-18H,9-10H2. The Balaban J connectivity index is 1.93. The van der Waals surface area contributed by atoms with Crippen LogP contribution in [-0.2, 0) is 6.61 Å². The summed E-state index contributed by atoms with van der Waals surface area (Å²) in [4.78, 5) is 0. The Hall–Kier alpha value is -1.84. The fraction of sp³-hybridized carbons (Fsp3) is 0.250. The number of hydrogen-bond acceptors (Lipinski definition) is 3. The normalized spacial score (nSPS) is 20.9. The van der Waals surface area contributed by atoms with Crippen molar-refractivity contribution in [3.63, 3.8) is 0 Å². The van der Waals surface area contributed by atoms with Gasteiger partial charge in [-0.05, 0) is 17.2 Å². The van der Waals surface area contributed by atoms with Crippen molar-refractivity contribution >= 4 is 0 Å². The molecular weight excluding hydrogens is 240 g/mol. The van der Waals surface area contributed by atoms with Crippen LogP contribution in [0.15, 0.2) is 48.5 Å². The molecule has 2 aromatic rings. The summed E-state index contributed by atoms with van der Waals surface area (Å²) in [5.41, 5.74) is 2.95. The topological polar surface area (TPSA) is 49.7 Å². The fourth-order valence-corrected chi connectivity index (χ4v) is 2.58. The third kappa shape index (κ3) is 2.11. The van der Waals surface area contributed by atoms with Crippen molar-refractivity contribution in [3.05, 3.63) is 65.2 Å². The van der Waals surface area contributed by atoms with E-state index in [0.29, 0.717) is 0 Å². The highest BCUT2D eigenvalue weighted by Gasteiger charge is 2.34. The number of ether oxygens (including phenoxy) is 1. The molecule has 2 aromatic carbocycles. The largest absolute Gasteiger partial charge is 0.485 e. The van der Waals surface area contributed by atoms with Gasteiger partial charge in [0.05, 0.1) is 19.1 Å². The van der Waals surface area contributed by atoms with Crippen LogP contribution in [0.25, 0.3) is 0 Å². The van der Waals surface area contributed by atoms with Gasteiger partial charge in [-0.3, -0.25) is 0 Å². The summed E-state index contributed by atoms with van der Waals surface area (Å²) in [6.07, 6.45) is -0.157. The molecule has 0 aromatic heterocycles. The van der Waals surface area contributed by atoms with Crippen LogP contribution in [0.3, 0.4) is 0 Å². The number of para-hydroxylation sites is 1. The Bertz CT molecular complexity index is 562. The maximum Gasteiger partial charge on any atom is 0.133 e. The Morgan fingerprint density at radius 1 is 0.947 bits per heavy atom. The smallest absolute Gasteiger partial charge is 0.133 e. The zero-order valence-corrected chi connectivity index (χ0v) is 10.5. The van der Waals surface area contributed by atoms with Crippen molar-refractivity contribution in [1.82, 2.24) is 0 Å². The molecule has 2 N–H and O–H groups in total. The Kier molecular flexibility index (Phi) is 3.23. The maximum atomic E-state index is 9.63. The summed E-state index contributed by atoms with van der Waals surface area (Å²) in [7, 11) is 0. The Morgan fingerprint density at radius 2 is 1.68 bits per heavy atom. The van der Waals surface area contributed by atoms with Gasteiger partial charge in [0.2, 0.25) is 0 Å². The number of rotatable bonds is 3. The lowest BCUT2D eigenvalue weighted by molar-refractivity contribution is 0.160. The molecule has 0 bridgehead atoms. The number of fused-ring (bicyclic) bond motifs is 1. The molecule has 3 rings (SSSR count). The lowest BCUT2D eigenvalue weighted by Gasteiger charge is -2.17. The second kappa shape index (κ2) is 5.03. The van der Waals surface area contributed by atoms with E-state index in [1.165, 1.54) is 0 Å². The van der Waals surface area contributed by atoms with Crippen LogP contribution < -0.4 is 4.74 Å². The first-order valence-corrected chi connectivity index (χ1v) is 6.39. The predicted octanol–water partition coefficient (Wildman–Crippen LogP) is 2.39. The van der Waals surface area contributed by atoms with Gasteiger partial charge in [-0.1, -0.05) is 42.5 Å². The second-order valence-corrected chi connectivity index (χ2v) is 4.77. The molecule has 2 unspecified atom stereocenters. The third-order valence-electron chi connectivity index (χ3n) is 3.63.